The molecule has 0 radical (unpaired) electrons. The van der Waals surface area contributed by atoms with Gasteiger partial charge in [0.15, 0.2) is 11.6 Å². The molecule has 0 amide bonds. The van der Waals surface area contributed by atoms with E-state index in [4.69, 9.17) is 11.5 Å². The van der Waals surface area contributed by atoms with Gasteiger partial charge in [0.1, 0.15) is 0 Å². The largest absolute Gasteiger partial charge is 0.330 e. The molecule has 0 aromatic heterocycles. The first-order valence-electron chi connectivity index (χ1n) is 9.13. The number of nitrogens with one attached hydrogen (secondary N) is 2. The Morgan fingerprint density at radius 2 is 1.89 bits per heavy atom. The van der Waals surface area contributed by atoms with Crippen LogP contribution in [0.4, 0.5) is 0 Å². The number of aliphatic imine (C=N–C) groups is 1. The van der Waals surface area contributed by atoms with Gasteiger partial charge in [-0.2, -0.15) is 0 Å². The molecule has 0 saturated heterocycles. The Morgan fingerprint density at radius 3 is 2.59 bits per heavy atom. The first kappa shape index (κ1) is 21.3. The average molecular weight is 439 g/mol. The van der Waals surface area contributed by atoms with E-state index in [1.165, 1.54) is 6.20 Å². The smallest absolute Gasteiger partial charge is 0.301 e. The molecule has 2 rings (SSSR count). The molecule has 27 heavy (non-hydrogen) atoms. The predicted octanol–water partition coefficient (Wildman–Crippen LogP) is 2.57. The third-order valence-electron chi connectivity index (χ3n) is 4.48. The lowest BCUT2D eigenvalue weighted by molar-refractivity contribution is -0.437. The van der Waals surface area contributed by atoms with Crippen molar-refractivity contribution in [1.82, 2.24) is 10.6 Å². The summed E-state index contributed by atoms with van der Waals surface area (Å²) in [7, 11) is 0. The summed E-state index contributed by atoms with van der Waals surface area (Å²) >= 11 is 3.49. The Morgan fingerprint density at radius 1 is 1.19 bits per heavy atom. The van der Waals surface area contributed by atoms with Crippen LogP contribution in [0, 0.1) is 10.1 Å². The lowest BCUT2D eigenvalue weighted by Crippen LogP contribution is -2.64. The second-order valence-corrected chi connectivity index (χ2v) is 7.44. The highest BCUT2D eigenvalue weighted by molar-refractivity contribution is 9.10. The van der Waals surface area contributed by atoms with Crippen LogP contribution in [0.2, 0.25) is 0 Å². The molecule has 1 heterocycles. The monoisotopic (exact) mass is 438 g/mol. The fourth-order valence-corrected chi connectivity index (χ4v) is 3.35. The van der Waals surface area contributed by atoms with Gasteiger partial charge >= 0.3 is 5.70 Å². The third-order valence-corrected chi connectivity index (χ3v) is 5.26. The Hall–Kier alpha value is -1.97. The van der Waals surface area contributed by atoms with E-state index in [1.807, 2.05) is 24.3 Å². The van der Waals surface area contributed by atoms with Crippen LogP contribution in [-0.2, 0) is 6.54 Å². The number of rotatable bonds is 10. The van der Waals surface area contributed by atoms with Crippen molar-refractivity contribution in [2.75, 3.05) is 6.54 Å². The van der Waals surface area contributed by atoms with Crippen molar-refractivity contribution in [3.8, 4) is 0 Å². The molecule has 0 spiro atoms. The van der Waals surface area contributed by atoms with E-state index < -0.39 is 10.6 Å². The topological polar surface area (TPSA) is 132 Å². The van der Waals surface area contributed by atoms with E-state index in [-0.39, 0.29) is 5.70 Å². The van der Waals surface area contributed by atoms with Crippen LogP contribution in [0.3, 0.4) is 0 Å². The van der Waals surface area contributed by atoms with Crippen molar-refractivity contribution in [2.45, 2.75) is 50.7 Å². The van der Waals surface area contributed by atoms with Gasteiger partial charge in [0.05, 0.1) is 17.7 Å². The van der Waals surface area contributed by atoms with E-state index in [0.29, 0.717) is 25.5 Å². The molecule has 8 nitrogen and oxygen atoms in total. The van der Waals surface area contributed by atoms with Gasteiger partial charge in [-0.25, -0.2) is 4.99 Å². The summed E-state index contributed by atoms with van der Waals surface area (Å²) in [5.41, 5.74) is 11.5. The Balaban J connectivity index is 2.02. The van der Waals surface area contributed by atoms with Crippen LogP contribution >= 0.6 is 15.9 Å². The summed E-state index contributed by atoms with van der Waals surface area (Å²) in [5.74, 6) is 0.432. The summed E-state index contributed by atoms with van der Waals surface area (Å²) in [6, 6.07) is 7.78. The summed E-state index contributed by atoms with van der Waals surface area (Å²) in [4.78, 5) is 15.4. The highest BCUT2D eigenvalue weighted by Gasteiger charge is 2.42. The average Bonchev–Trinajstić information content (AvgIpc) is 2.63. The Labute approximate surface area is 167 Å². The number of benzene rings is 1. The SMILES string of the molecule is NCCCCCCCC1(N)NC(=NCc2ccccc2Br)NC=C1[N+](=O)[O-]. The molecule has 1 unspecified atom stereocenters. The van der Waals surface area contributed by atoms with E-state index in [2.05, 4.69) is 31.6 Å². The fourth-order valence-electron chi connectivity index (χ4n) is 2.94. The molecular formula is C18H27BrN6O2. The van der Waals surface area contributed by atoms with Crippen LogP contribution in [0.1, 0.15) is 44.1 Å². The maximum absolute atomic E-state index is 11.4. The minimum absolute atomic E-state index is 0.0794. The normalized spacial score (nSPS) is 20.7. The Kier molecular flexibility index (Phi) is 8.21. The molecule has 0 saturated carbocycles. The lowest BCUT2D eigenvalue weighted by atomic mass is 9.97. The Bertz CT molecular complexity index is 709. The molecule has 1 aliphatic rings. The van der Waals surface area contributed by atoms with Crippen molar-refractivity contribution < 1.29 is 4.92 Å². The first-order valence-corrected chi connectivity index (χ1v) is 9.92. The summed E-state index contributed by atoms with van der Waals surface area (Å²) in [6.45, 7) is 1.12. The number of halogens is 1. The maximum atomic E-state index is 11.4. The second kappa shape index (κ2) is 10.4. The number of guanidine groups is 1. The minimum Gasteiger partial charge on any atom is -0.330 e. The highest BCUT2D eigenvalue weighted by atomic mass is 79.9. The van der Waals surface area contributed by atoms with Crippen molar-refractivity contribution in [1.29, 1.82) is 0 Å². The molecule has 1 aromatic rings. The molecular weight excluding hydrogens is 412 g/mol. The minimum atomic E-state index is -1.24. The van der Waals surface area contributed by atoms with Gasteiger partial charge < -0.3 is 16.4 Å². The number of hydrogen-bond donors (Lipinski definition) is 4. The zero-order chi connectivity index (χ0) is 19.7. The zero-order valence-electron chi connectivity index (χ0n) is 15.3. The molecule has 0 aliphatic carbocycles. The maximum Gasteiger partial charge on any atom is 0.301 e. The number of nitro groups is 1. The van der Waals surface area contributed by atoms with Crippen molar-refractivity contribution >= 4 is 21.9 Å². The summed E-state index contributed by atoms with van der Waals surface area (Å²) in [5, 5.41) is 17.3. The van der Waals surface area contributed by atoms with Crippen molar-refractivity contribution in [2.24, 2.45) is 16.5 Å². The van der Waals surface area contributed by atoms with Crippen LogP contribution in [0.25, 0.3) is 0 Å². The quantitative estimate of drug-likeness (QED) is 0.252. The summed E-state index contributed by atoms with van der Waals surface area (Å²) < 4.78 is 0.961. The van der Waals surface area contributed by atoms with Crippen LogP contribution in [0.5, 0.6) is 0 Å². The molecule has 1 aromatic carbocycles. The van der Waals surface area contributed by atoms with E-state index in [0.717, 1.165) is 42.1 Å². The molecule has 9 heteroatoms. The van der Waals surface area contributed by atoms with Crippen molar-refractivity contribution in [3.63, 3.8) is 0 Å². The number of nitrogens with zero attached hydrogens (tertiary/aromatic N) is 2. The molecule has 1 atom stereocenters. The van der Waals surface area contributed by atoms with Crippen LogP contribution < -0.4 is 22.1 Å². The van der Waals surface area contributed by atoms with Gasteiger partial charge in [0.25, 0.3) is 0 Å². The molecule has 0 bridgehead atoms. The van der Waals surface area contributed by atoms with Crippen LogP contribution in [-0.4, -0.2) is 23.1 Å². The van der Waals surface area contributed by atoms with Gasteiger partial charge in [0.2, 0.25) is 0 Å². The van der Waals surface area contributed by atoms with Gasteiger partial charge in [-0.05, 0) is 37.4 Å². The fraction of sp³-hybridized carbons (Fsp3) is 0.500. The molecule has 1 aliphatic heterocycles. The van der Waals surface area contributed by atoms with Gasteiger partial charge in [-0.15, -0.1) is 0 Å². The van der Waals surface area contributed by atoms with E-state index in [9.17, 15) is 10.1 Å². The van der Waals surface area contributed by atoms with Gasteiger partial charge in [-0.3, -0.25) is 15.8 Å². The van der Waals surface area contributed by atoms with Gasteiger partial charge in [-0.1, -0.05) is 53.4 Å². The van der Waals surface area contributed by atoms with E-state index in [1.54, 1.807) is 0 Å². The number of hydrogen-bond acceptors (Lipinski definition) is 5. The molecule has 0 fully saturated rings. The predicted molar refractivity (Wildman–Crippen MR) is 110 cm³/mol. The lowest BCUT2D eigenvalue weighted by Gasteiger charge is -2.32. The molecule has 6 N–H and O–H groups in total. The first-order chi connectivity index (χ1) is 13.0. The standard InChI is InChI=1S/C18H27BrN6O2/c19-15-9-5-4-8-14(15)12-22-17-23-13-16(25(26)27)18(21,24-17)10-6-2-1-3-7-11-20/h4-5,8-9,13H,1-3,6-7,10-12,20-21H2,(H2,22,23,24). The highest BCUT2D eigenvalue weighted by Crippen LogP contribution is 2.22. The molecule has 148 valence electrons. The van der Waals surface area contributed by atoms with Crippen molar-refractivity contribution in [3.05, 3.63) is 56.3 Å². The van der Waals surface area contributed by atoms with E-state index >= 15 is 0 Å². The third kappa shape index (κ3) is 6.30. The number of nitrogens with two attached hydrogens (primary N) is 2. The number of unbranched alkanes of at least 4 members (excludes halogenated alkanes) is 4. The summed E-state index contributed by atoms with van der Waals surface area (Å²) in [6.07, 6.45) is 6.66. The second-order valence-electron chi connectivity index (χ2n) is 6.59. The van der Waals surface area contributed by atoms with Gasteiger partial charge in [0, 0.05) is 4.47 Å². The zero-order valence-corrected chi connectivity index (χ0v) is 16.9. The van der Waals surface area contributed by atoms with Crippen LogP contribution in [0.15, 0.2) is 45.6 Å².